The maximum atomic E-state index is 13.4. The van der Waals surface area contributed by atoms with E-state index in [2.05, 4.69) is 21.2 Å². The Kier molecular flexibility index (Phi) is 3.66. The van der Waals surface area contributed by atoms with E-state index in [4.69, 9.17) is 0 Å². The molecule has 0 radical (unpaired) electrons. The Hall–Kier alpha value is -1.76. The van der Waals surface area contributed by atoms with Gasteiger partial charge in [0.2, 0.25) is 0 Å². The van der Waals surface area contributed by atoms with Gasteiger partial charge < -0.3 is 9.88 Å². The van der Waals surface area contributed by atoms with Gasteiger partial charge in [-0.15, -0.1) is 0 Å². The molecular formula is C12H8BrF3N2O. The molecule has 100 valence electrons. The van der Waals surface area contributed by atoms with Gasteiger partial charge in [-0.3, -0.25) is 4.79 Å². The third kappa shape index (κ3) is 2.81. The maximum Gasteiger partial charge on any atom is 0.272 e. The fourth-order valence-electron chi connectivity index (χ4n) is 1.59. The summed E-state index contributed by atoms with van der Waals surface area (Å²) in [6.45, 7) is 0. The van der Waals surface area contributed by atoms with Gasteiger partial charge in [0.25, 0.3) is 5.91 Å². The van der Waals surface area contributed by atoms with Gasteiger partial charge in [-0.2, -0.15) is 0 Å². The highest BCUT2D eigenvalue weighted by Gasteiger charge is 2.17. The third-order valence-electron chi connectivity index (χ3n) is 2.45. The number of aryl methyl sites for hydroxylation is 1. The summed E-state index contributed by atoms with van der Waals surface area (Å²) < 4.78 is 41.6. The normalized spacial score (nSPS) is 10.6. The first kappa shape index (κ1) is 13.7. The predicted octanol–water partition coefficient (Wildman–Crippen LogP) is 3.46. The molecule has 0 unspecified atom stereocenters. The fourth-order valence-corrected chi connectivity index (χ4v) is 2.11. The smallest absolute Gasteiger partial charge is 0.272 e. The van der Waals surface area contributed by atoms with Crippen molar-refractivity contribution in [2.24, 2.45) is 7.05 Å². The van der Waals surface area contributed by atoms with Crippen LogP contribution >= 0.6 is 15.9 Å². The first-order chi connectivity index (χ1) is 8.88. The number of benzene rings is 1. The highest BCUT2D eigenvalue weighted by atomic mass is 79.9. The first-order valence-electron chi connectivity index (χ1n) is 5.16. The quantitative estimate of drug-likeness (QED) is 0.897. The van der Waals surface area contributed by atoms with E-state index in [9.17, 15) is 18.0 Å². The van der Waals surface area contributed by atoms with Gasteiger partial charge in [0.1, 0.15) is 17.2 Å². The molecule has 1 amide bonds. The Morgan fingerprint density at radius 3 is 2.26 bits per heavy atom. The van der Waals surface area contributed by atoms with Crippen LogP contribution in [0.1, 0.15) is 10.5 Å². The summed E-state index contributed by atoms with van der Waals surface area (Å²) in [5.74, 6) is -4.08. The van der Waals surface area contributed by atoms with Crippen LogP contribution in [0.2, 0.25) is 0 Å². The minimum Gasteiger partial charge on any atom is -0.345 e. The summed E-state index contributed by atoms with van der Waals surface area (Å²) in [6.07, 6.45) is 1.62. The van der Waals surface area contributed by atoms with Crippen molar-refractivity contribution in [2.45, 2.75) is 0 Å². The second-order valence-electron chi connectivity index (χ2n) is 3.85. The number of carbonyl (C=O) groups excluding carboxylic acids is 1. The second kappa shape index (κ2) is 5.08. The Labute approximate surface area is 115 Å². The van der Waals surface area contributed by atoms with Crippen molar-refractivity contribution in [1.82, 2.24) is 4.57 Å². The first-order valence-corrected chi connectivity index (χ1v) is 5.95. The van der Waals surface area contributed by atoms with Gasteiger partial charge in [-0.25, -0.2) is 13.2 Å². The highest BCUT2D eigenvalue weighted by Crippen LogP contribution is 2.22. The van der Waals surface area contributed by atoms with Crippen molar-refractivity contribution in [1.29, 1.82) is 0 Å². The predicted molar refractivity (Wildman–Crippen MR) is 67.4 cm³/mol. The molecule has 0 aliphatic carbocycles. The van der Waals surface area contributed by atoms with Gasteiger partial charge in [0.05, 0.1) is 0 Å². The van der Waals surface area contributed by atoms with E-state index in [1.165, 1.54) is 10.6 Å². The molecule has 0 fully saturated rings. The van der Waals surface area contributed by atoms with Crippen molar-refractivity contribution >= 4 is 27.5 Å². The second-order valence-corrected chi connectivity index (χ2v) is 4.77. The number of hydrogen-bond acceptors (Lipinski definition) is 1. The van der Waals surface area contributed by atoms with E-state index >= 15 is 0 Å². The molecule has 1 aromatic heterocycles. The van der Waals surface area contributed by atoms with Crippen LogP contribution in [0.4, 0.5) is 18.9 Å². The summed E-state index contributed by atoms with van der Waals surface area (Å²) in [5.41, 5.74) is -0.473. The molecule has 0 bridgehead atoms. The molecule has 0 aliphatic rings. The number of carbonyl (C=O) groups is 1. The maximum absolute atomic E-state index is 13.4. The molecule has 0 saturated carbocycles. The summed E-state index contributed by atoms with van der Waals surface area (Å²) in [6, 6.07) is 2.49. The van der Waals surface area contributed by atoms with Crippen molar-refractivity contribution in [3.63, 3.8) is 0 Å². The monoisotopic (exact) mass is 332 g/mol. The van der Waals surface area contributed by atoms with E-state index in [0.717, 1.165) is 0 Å². The van der Waals surface area contributed by atoms with Crippen LogP contribution in [0.15, 0.2) is 28.9 Å². The lowest BCUT2D eigenvalue weighted by Gasteiger charge is -2.08. The number of aromatic nitrogens is 1. The average Bonchev–Trinajstić information content (AvgIpc) is 2.62. The summed E-state index contributed by atoms with van der Waals surface area (Å²) in [5, 5.41) is 2.08. The van der Waals surface area contributed by atoms with Crippen molar-refractivity contribution in [3.05, 3.63) is 52.0 Å². The number of anilines is 1. The van der Waals surface area contributed by atoms with Crippen LogP contribution in [-0.4, -0.2) is 10.5 Å². The minimum atomic E-state index is -1.17. The topological polar surface area (TPSA) is 34.0 Å². The van der Waals surface area contributed by atoms with Crippen molar-refractivity contribution in [2.75, 3.05) is 5.32 Å². The lowest BCUT2D eigenvalue weighted by Crippen LogP contribution is -2.17. The van der Waals surface area contributed by atoms with Gasteiger partial charge in [-0.1, -0.05) is 0 Å². The van der Waals surface area contributed by atoms with E-state index in [-0.39, 0.29) is 5.69 Å². The van der Waals surface area contributed by atoms with Crippen LogP contribution in [0, 0.1) is 17.5 Å². The van der Waals surface area contributed by atoms with Gasteiger partial charge in [0.15, 0.2) is 11.6 Å². The number of rotatable bonds is 2. The summed E-state index contributed by atoms with van der Waals surface area (Å²) in [4.78, 5) is 11.9. The Balaban J connectivity index is 2.32. The van der Waals surface area contributed by atoms with Crippen LogP contribution in [-0.2, 0) is 7.05 Å². The number of nitrogens with one attached hydrogen (secondary N) is 1. The summed E-state index contributed by atoms with van der Waals surface area (Å²) >= 11 is 3.18. The molecule has 1 heterocycles. The highest BCUT2D eigenvalue weighted by molar-refractivity contribution is 9.10. The number of amides is 1. The molecule has 0 aliphatic heterocycles. The van der Waals surface area contributed by atoms with Gasteiger partial charge in [0, 0.05) is 29.8 Å². The van der Waals surface area contributed by atoms with Crippen molar-refractivity contribution in [3.8, 4) is 0 Å². The van der Waals surface area contributed by atoms with E-state index in [1.807, 2.05) is 0 Å². The molecule has 2 aromatic rings. The van der Waals surface area contributed by atoms with E-state index < -0.39 is 29.0 Å². The largest absolute Gasteiger partial charge is 0.345 e. The molecule has 1 N–H and O–H groups in total. The van der Waals surface area contributed by atoms with Crippen molar-refractivity contribution < 1.29 is 18.0 Å². The molecule has 0 atom stereocenters. The Bertz CT molecular complexity index is 631. The molecular weight excluding hydrogens is 325 g/mol. The Morgan fingerprint density at radius 2 is 1.79 bits per heavy atom. The zero-order valence-corrected chi connectivity index (χ0v) is 11.3. The molecule has 0 spiro atoms. The molecule has 7 heteroatoms. The van der Waals surface area contributed by atoms with Gasteiger partial charge in [-0.05, 0) is 22.0 Å². The molecule has 1 aromatic carbocycles. The number of halogens is 4. The zero-order valence-electron chi connectivity index (χ0n) is 9.68. The standard InChI is InChI=1S/C12H8BrF3N2O/c1-18-5-6(13)2-10(18)12(19)17-11-8(15)3-7(14)4-9(11)16/h2-5H,1H3,(H,17,19). The summed E-state index contributed by atoms with van der Waals surface area (Å²) in [7, 11) is 1.61. The lowest BCUT2D eigenvalue weighted by molar-refractivity contribution is 0.101. The van der Waals surface area contributed by atoms with Gasteiger partial charge >= 0.3 is 0 Å². The SMILES string of the molecule is Cn1cc(Br)cc1C(=O)Nc1c(F)cc(F)cc1F. The van der Waals surface area contributed by atoms with Crippen LogP contribution in [0.3, 0.4) is 0 Å². The lowest BCUT2D eigenvalue weighted by atomic mass is 10.2. The Morgan fingerprint density at radius 1 is 1.21 bits per heavy atom. The number of hydrogen-bond donors (Lipinski definition) is 1. The fraction of sp³-hybridized carbons (Fsp3) is 0.0833. The molecule has 19 heavy (non-hydrogen) atoms. The third-order valence-corrected chi connectivity index (χ3v) is 2.88. The molecule has 2 rings (SSSR count). The molecule has 0 saturated heterocycles. The van der Waals surface area contributed by atoms with Crippen LogP contribution in [0.25, 0.3) is 0 Å². The zero-order chi connectivity index (χ0) is 14.2. The average molecular weight is 333 g/mol. The van der Waals surface area contributed by atoms with Crippen LogP contribution in [0.5, 0.6) is 0 Å². The number of nitrogens with zero attached hydrogens (tertiary/aromatic N) is 1. The molecule has 3 nitrogen and oxygen atoms in total. The van der Waals surface area contributed by atoms with Crippen LogP contribution < -0.4 is 5.32 Å². The van der Waals surface area contributed by atoms with E-state index in [0.29, 0.717) is 16.6 Å². The minimum absolute atomic E-state index is 0.204. The van der Waals surface area contributed by atoms with E-state index in [1.54, 1.807) is 13.2 Å².